The van der Waals surface area contributed by atoms with E-state index in [1.54, 1.807) is 0 Å². The van der Waals surface area contributed by atoms with E-state index in [0.717, 1.165) is 28.2 Å². The number of para-hydroxylation sites is 1. The first kappa shape index (κ1) is 31.6. The quantitative estimate of drug-likeness (QED) is 0.174. The molecule has 1 unspecified atom stereocenters. The van der Waals surface area contributed by atoms with Crippen molar-refractivity contribution in [2.75, 3.05) is 0 Å². The van der Waals surface area contributed by atoms with E-state index in [1.807, 2.05) is 0 Å². The second-order valence-electron chi connectivity index (χ2n) is 14.7. The van der Waals surface area contributed by atoms with Crippen molar-refractivity contribution in [1.29, 1.82) is 0 Å². The molecule has 9 aromatic carbocycles. The molecule has 11 rings (SSSR count). The third-order valence-corrected chi connectivity index (χ3v) is 12.1. The summed E-state index contributed by atoms with van der Waals surface area (Å²) in [5.41, 5.74) is 13.4. The number of hydrogen-bond donors (Lipinski definition) is 0. The number of hydrogen-bond acceptors (Lipinski definition) is 1. The average Bonchev–Trinajstić information content (AvgIpc) is 3.58. The predicted octanol–water partition coefficient (Wildman–Crippen LogP) is 13.4. The fraction of sp³-hybridized carbons (Fsp3) is 0.0370. The molecule has 1 atom stereocenters. The summed E-state index contributed by atoms with van der Waals surface area (Å²) >= 11 is 0. The first-order chi connectivity index (χ1) is 27.3. The van der Waals surface area contributed by atoms with Crippen molar-refractivity contribution >= 4 is 10.8 Å². The lowest BCUT2D eigenvalue weighted by Gasteiger charge is -2.43. The molecular formula is C54H36O. The van der Waals surface area contributed by atoms with Crippen LogP contribution in [0.1, 0.15) is 44.5 Å². The first-order valence-electron chi connectivity index (χ1n) is 19.1. The van der Waals surface area contributed by atoms with E-state index in [-0.39, 0.29) is 0 Å². The summed E-state index contributed by atoms with van der Waals surface area (Å²) in [4.78, 5) is 0. The minimum atomic E-state index is -0.669. The van der Waals surface area contributed by atoms with Crippen LogP contribution in [-0.4, -0.2) is 0 Å². The van der Waals surface area contributed by atoms with Crippen LogP contribution in [0.4, 0.5) is 0 Å². The fourth-order valence-corrected chi connectivity index (χ4v) is 10.0. The number of ether oxygens (including phenoxy) is 1. The van der Waals surface area contributed by atoms with Crippen molar-refractivity contribution in [1.82, 2.24) is 0 Å². The zero-order valence-electron chi connectivity index (χ0n) is 30.2. The van der Waals surface area contributed by atoms with Crippen LogP contribution in [0.5, 0.6) is 11.5 Å². The standard InChI is InChI=1S/C54H36O/c1-4-20-38(21-5-1)53(39-22-6-2-7-23-39)47-32-16-17-33-49(47)55-50-34-18-29-43(52(50)53)42-27-12-14-30-45(42)54(40-24-8-3-9-25-40)46-31-15-13-28-44(46)51-41-26-11-10-19-37(41)35-36-48(51)54/h1-36H. The zero-order valence-corrected chi connectivity index (χ0v) is 30.2. The van der Waals surface area contributed by atoms with E-state index in [0.29, 0.717) is 0 Å². The molecule has 0 saturated heterocycles. The Morgan fingerprint density at radius 2 is 0.782 bits per heavy atom. The SMILES string of the molecule is c1ccc(C2(c3ccccc3-c3cccc4c3C(c3ccccc3)(c3ccccc3)c3ccccc3O4)c3ccccc3-c3c2ccc2ccccc32)cc1. The van der Waals surface area contributed by atoms with Crippen molar-refractivity contribution in [2.24, 2.45) is 0 Å². The summed E-state index contributed by atoms with van der Waals surface area (Å²) < 4.78 is 6.97. The number of rotatable bonds is 5. The maximum absolute atomic E-state index is 6.97. The summed E-state index contributed by atoms with van der Waals surface area (Å²) in [7, 11) is 0. The highest BCUT2D eigenvalue weighted by Gasteiger charge is 2.50. The predicted molar refractivity (Wildman–Crippen MR) is 225 cm³/mol. The molecule has 0 aromatic heterocycles. The van der Waals surface area contributed by atoms with Crippen LogP contribution < -0.4 is 4.74 Å². The van der Waals surface area contributed by atoms with Crippen LogP contribution in [-0.2, 0) is 10.8 Å². The lowest BCUT2D eigenvalue weighted by molar-refractivity contribution is 0.435. The summed E-state index contributed by atoms with van der Waals surface area (Å²) in [6.07, 6.45) is 0. The van der Waals surface area contributed by atoms with Gasteiger partial charge in [0.05, 0.1) is 10.8 Å². The second-order valence-corrected chi connectivity index (χ2v) is 14.7. The Bertz CT molecular complexity index is 2850. The Morgan fingerprint density at radius 1 is 0.291 bits per heavy atom. The Hall–Kier alpha value is -6.96. The molecule has 1 aliphatic heterocycles. The minimum Gasteiger partial charge on any atom is -0.457 e. The average molecular weight is 701 g/mol. The molecular weight excluding hydrogens is 665 g/mol. The Kier molecular flexibility index (Phi) is 7.06. The van der Waals surface area contributed by atoms with Crippen molar-refractivity contribution in [3.05, 3.63) is 263 Å². The van der Waals surface area contributed by atoms with E-state index in [1.165, 1.54) is 60.8 Å². The third kappa shape index (κ3) is 4.35. The van der Waals surface area contributed by atoms with Crippen LogP contribution in [0.15, 0.2) is 218 Å². The smallest absolute Gasteiger partial charge is 0.132 e. The van der Waals surface area contributed by atoms with E-state index in [2.05, 4.69) is 218 Å². The molecule has 0 bridgehead atoms. The van der Waals surface area contributed by atoms with Crippen molar-refractivity contribution < 1.29 is 4.74 Å². The molecule has 0 N–H and O–H groups in total. The van der Waals surface area contributed by atoms with Gasteiger partial charge in [0.1, 0.15) is 11.5 Å². The van der Waals surface area contributed by atoms with Crippen LogP contribution in [0, 0.1) is 0 Å². The van der Waals surface area contributed by atoms with E-state index in [4.69, 9.17) is 4.74 Å². The molecule has 2 aliphatic rings. The van der Waals surface area contributed by atoms with Gasteiger partial charge in [-0.05, 0) is 78.5 Å². The zero-order chi connectivity index (χ0) is 36.4. The highest BCUT2D eigenvalue weighted by Crippen LogP contribution is 2.62. The normalized spacial score (nSPS) is 16.0. The number of fused-ring (bicyclic) bond motifs is 7. The van der Waals surface area contributed by atoms with Crippen molar-refractivity contribution in [3.63, 3.8) is 0 Å². The molecule has 258 valence electrons. The largest absolute Gasteiger partial charge is 0.457 e. The maximum atomic E-state index is 6.97. The molecule has 1 heteroatoms. The fourth-order valence-electron chi connectivity index (χ4n) is 10.0. The third-order valence-electron chi connectivity index (χ3n) is 12.1. The molecule has 0 spiro atoms. The van der Waals surface area contributed by atoms with Gasteiger partial charge in [-0.3, -0.25) is 0 Å². The topological polar surface area (TPSA) is 9.23 Å². The van der Waals surface area contributed by atoms with Gasteiger partial charge in [-0.15, -0.1) is 0 Å². The molecule has 1 nitrogen and oxygen atoms in total. The molecule has 55 heavy (non-hydrogen) atoms. The van der Waals surface area contributed by atoms with Gasteiger partial charge in [0.15, 0.2) is 0 Å². The van der Waals surface area contributed by atoms with Crippen molar-refractivity contribution in [3.8, 4) is 33.8 Å². The van der Waals surface area contributed by atoms with E-state index in [9.17, 15) is 0 Å². The molecule has 0 amide bonds. The molecule has 1 aliphatic carbocycles. The van der Waals surface area contributed by atoms with Gasteiger partial charge in [0.2, 0.25) is 0 Å². The molecule has 0 saturated carbocycles. The van der Waals surface area contributed by atoms with E-state index < -0.39 is 10.8 Å². The number of benzene rings is 9. The molecule has 0 radical (unpaired) electrons. The van der Waals surface area contributed by atoms with Gasteiger partial charge in [-0.1, -0.05) is 206 Å². The van der Waals surface area contributed by atoms with E-state index >= 15 is 0 Å². The summed E-state index contributed by atoms with van der Waals surface area (Å²) in [6.45, 7) is 0. The lowest BCUT2D eigenvalue weighted by atomic mass is 9.61. The summed E-state index contributed by atoms with van der Waals surface area (Å²) in [5.74, 6) is 1.74. The van der Waals surface area contributed by atoms with Gasteiger partial charge in [0.25, 0.3) is 0 Å². The maximum Gasteiger partial charge on any atom is 0.132 e. The van der Waals surface area contributed by atoms with Gasteiger partial charge >= 0.3 is 0 Å². The Balaban J connectivity index is 1.30. The van der Waals surface area contributed by atoms with Crippen LogP contribution in [0.3, 0.4) is 0 Å². The van der Waals surface area contributed by atoms with Gasteiger partial charge in [-0.25, -0.2) is 0 Å². The Morgan fingerprint density at radius 3 is 1.47 bits per heavy atom. The molecule has 0 fully saturated rings. The minimum absolute atomic E-state index is 0.605. The van der Waals surface area contributed by atoms with Crippen molar-refractivity contribution in [2.45, 2.75) is 10.8 Å². The first-order valence-corrected chi connectivity index (χ1v) is 19.1. The Labute approximate surface area is 321 Å². The van der Waals surface area contributed by atoms with Gasteiger partial charge < -0.3 is 4.74 Å². The summed E-state index contributed by atoms with van der Waals surface area (Å²) in [5, 5.41) is 2.52. The summed E-state index contributed by atoms with van der Waals surface area (Å²) in [6, 6.07) is 80.0. The molecule has 1 heterocycles. The van der Waals surface area contributed by atoms with Crippen LogP contribution in [0.25, 0.3) is 33.0 Å². The highest BCUT2D eigenvalue weighted by atomic mass is 16.5. The van der Waals surface area contributed by atoms with Gasteiger partial charge in [-0.2, -0.15) is 0 Å². The van der Waals surface area contributed by atoms with Crippen LogP contribution >= 0.6 is 0 Å². The molecule has 9 aromatic rings. The monoisotopic (exact) mass is 700 g/mol. The lowest BCUT2D eigenvalue weighted by Crippen LogP contribution is -2.35. The van der Waals surface area contributed by atoms with Gasteiger partial charge in [0, 0.05) is 11.1 Å². The highest BCUT2D eigenvalue weighted by molar-refractivity contribution is 6.04. The van der Waals surface area contributed by atoms with Crippen LogP contribution in [0.2, 0.25) is 0 Å². The second kappa shape index (κ2) is 12.3.